The first-order valence-electron chi connectivity index (χ1n) is 6.80. The standard InChI is InChI=1S/C12H13F5N2O6/c13-11(14,12(15,16)17)1-4-2-19(10(24)18-8(4)23)9-7(22)6(21)5(3-20)25-9/h2,5-7,9,20-22H,1,3H2,(H,18,23,24). The first-order valence-corrected chi connectivity index (χ1v) is 6.80. The first-order chi connectivity index (χ1) is 11.4. The predicted molar refractivity (Wildman–Crippen MR) is 69.0 cm³/mol. The van der Waals surface area contributed by atoms with E-state index >= 15 is 0 Å². The summed E-state index contributed by atoms with van der Waals surface area (Å²) < 4.78 is 68.5. The van der Waals surface area contributed by atoms with E-state index in [0.717, 1.165) is 0 Å². The number of rotatable bonds is 4. The number of hydrogen-bond acceptors (Lipinski definition) is 6. The number of aliphatic hydroxyl groups is 3. The number of aliphatic hydroxyl groups excluding tert-OH is 3. The van der Waals surface area contributed by atoms with Crippen LogP contribution in [0.25, 0.3) is 0 Å². The van der Waals surface area contributed by atoms with Crippen LogP contribution in [-0.4, -0.2) is 61.9 Å². The van der Waals surface area contributed by atoms with Gasteiger partial charge < -0.3 is 20.1 Å². The third kappa shape index (κ3) is 3.58. The van der Waals surface area contributed by atoms with E-state index in [9.17, 15) is 41.8 Å². The van der Waals surface area contributed by atoms with Crippen LogP contribution in [0, 0.1) is 0 Å². The molecule has 1 aliphatic rings. The summed E-state index contributed by atoms with van der Waals surface area (Å²) in [5.74, 6) is -5.23. The van der Waals surface area contributed by atoms with Crippen LogP contribution in [0.2, 0.25) is 0 Å². The fourth-order valence-corrected chi connectivity index (χ4v) is 2.29. The molecule has 1 saturated heterocycles. The van der Waals surface area contributed by atoms with Crippen molar-refractivity contribution in [1.82, 2.24) is 9.55 Å². The van der Waals surface area contributed by atoms with Crippen molar-refractivity contribution in [2.75, 3.05) is 6.61 Å². The molecule has 0 bridgehead atoms. The van der Waals surface area contributed by atoms with Crippen molar-refractivity contribution in [1.29, 1.82) is 0 Å². The highest BCUT2D eigenvalue weighted by Gasteiger charge is 2.57. The van der Waals surface area contributed by atoms with Crippen molar-refractivity contribution >= 4 is 0 Å². The third-order valence-corrected chi connectivity index (χ3v) is 3.66. The van der Waals surface area contributed by atoms with Crippen molar-refractivity contribution in [2.45, 2.75) is 43.1 Å². The summed E-state index contributed by atoms with van der Waals surface area (Å²) >= 11 is 0. The van der Waals surface area contributed by atoms with Gasteiger partial charge in [-0.3, -0.25) is 14.3 Å². The summed E-state index contributed by atoms with van der Waals surface area (Å²) in [5, 5.41) is 28.4. The zero-order valence-corrected chi connectivity index (χ0v) is 12.2. The molecule has 4 N–H and O–H groups in total. The number of nitrogens with zero attached hydrogens (tertiary/aromatic N) is 1. The number of aromatic amines is 1. The van der Waals surface area contributed by atoms with E-state index in [-0.39, 0.29) is 0 Å². The van der Waals surface area contributed by atoms with Gasteiger partial charge in [-0.1, -0.05) is 0 Å². The summed E-state index contributed by atoms with van der Waals surface area (Å²) in [6, 6.07) is 0. The van der Waals surface area contributed by atoms with Gasteiger partial charge in [0.1, 0.15) is 18.3 Å². The van der Waals surface area contributed by atoms with Gasteiger partial charge in [-0.15, -0.1) is 0 Å². The molecular weight excluding hydrogens is 363 g/mol. The van der Waals surface area contributed by atoms with Crippen molar-refractivity contribution in [3.63, 3.8) is 0 Å². The van der Waals surface area contributed by atoms with Crippen LogP contribution in [0.4, 0.5) is 22.0 Å². The van der Waals surface area contributed by atoms with Crippen LogP contribution in [0.5, 0.6) is 0 Å². The van der Waals surface area contributed by atoms with Gasteiger partial charge in [0, 0.05) is 11.8 Å². The molecule has 1 fully saturated rings. The smallest absolute Gasteiger partial charge is 0.394 e. The van der Waals surface area contributed by atoms with E-state index in [2.05, 4.69) is 0 Å². The second-order valence-corrected chi connectivity index (χ2v) is 5.43. The highest BCUT2D eigenvalue weighted by molar-refractivity contribution is 5.09. The molecule has 1 aliphatic heterocycles. The SMILES string of the molecule is O=c1[nH]c(=O)n(C2OC(CO)C(O)C2O)cc1CC(F)(F)C(F)(F)F. The van der Waals surface area contributed by atoms with Crippen LogP contribution in [0.15, 0.2) is 15.8 Å². The second kappa shape index (κ2) is 6.48. The van der Waals surface area contributed by atoms with Crippen molar-refractivity contribution in [3.05, 3.63) is 32.6 Å². The van der Waals surface area contributed by atoms with Gasteiger partial charge in [0.25, 0.3) is 5.56 Å². The van der Waals surface area contributed by atoms with Crippen molar-refractivity contribution < 1.29 is 42.0 Å². The average molecular weight is 376 g/mol. The Bertz CT molecular complexity index is 745. The van der Waals surface area contributed by atoms with Gasteiger partial charge in [-0.05, 0) is 0 Å². The lowest BCUT2D eigenvalue weighted by Crippen LogP contribution is -2.43. The van der Waals surface area contributed by atoms with Gasteiger partial charge in [-0.2, -0.15) is 22.0 Å². The molecule has 8 nitrogen and oxygen atoms in total. The summed E-state index contributed by atoms with van der Waals surface area (Å²) in [6.45, 7) is -0.758. The van der Waals surface area contributed by atoms with E-state index in [1.807, 2.05) is 0 Å². The van der Waals surface area contributed by atoms with Crippen LogP contribution in [0.3, 0.4) is 0 Å². The Kier molecular flexibility index (Phi) is 5.05. The van der Waals surface area contributed by atoms with Crippen LogP contribution in [0.1, 0.15) is 11.8 Å². The lowest BCUT2D eigenvalue weighted by Gasteiger charge is -2.21. The van der Waals surface area contributed by atoms with Crippen LogP contribution >= 0.6 is 0 Å². The minimum atomic E-state index is -5.91. The molecule has 4 unspecified atom stereocenters. The number of hydrogen-bond donors (Lipinski definition) is 4. The summed E-state index contributed by atoms with van der Waals surface area (Å²) in [7, 11) is 0. The minimum absolute atomic E-state index is 0.368. The van der Waals surface area contributed by atoms with E-state index in [1.54, 1.807) is 4.98 Å². The molecule has 13 heteroatoms. The maximum absolute atomic E-state index is 13.1. The van der Waals surface area contributed by atoms with Gasteiger partial charge >= 0.3 is 17.8 Å². The Hall–Kier alpha value is -1.83. The lowest BCUT2D eigenvalue weighted by molar-refractivity contribution is -0.281. The molecule has 142 valence electrons. The Balaban J connectivity index is 2.43. The zero-order chi connectivity index (χ0) is 19.2. The van der Waals surface area contributed by atoms with E-state index in [0.29, 0.717) is 10.8 Å². The van der Waals surface area contributed by atoms with E-state index < -0.39 is 66.5 Å². The molecule has 2 heterocycles. The lowest BCUT2D eigenvalue weighted by atomic mass is 10.1. The summed E-state index contributed by atoms with van der Waals surface area (Å²) in [4.78, 5) is 24.8. The number of alkyl halides is 5. The van der Waals surface area contributed by atoms with Gasteiger partial charge in [0.2, 0.25) is 0 Å². The molecule has 0 amide bonds. The monoisotopic (exact) mass is 376 g/mol. The normalized spacial score (nSPS) is 27.7. The highest BCUT2D eigenvalue weighted by atomic mass is 19.4. The Morgan fingerprint density at radius 3 is 2.24 bits per heavy atom. The average Bonchev–Trinajstić information content (AvgIpc) is 2.76. The van der Waals surface area contributed by atoms with E-state index in [1.165, 1.54) is 0 Å². The van der Waals surface area contributed by atoms with Crippen LogP contribution < -0.4 is 11.2 Å². The topological polar surface area (TPSA) is 125 Å². The van der Waals surface area contributed by atoms with E-state index in [4.69, 9.17) is 9.84 Å². The first kappa shape index (κ1) is 19.5. The molecule has 0 saturated carbocycles. The summed E-state index contributed by atoms with van der Waals surface area (Å²) in [5.41, 5.74) is -3.81. The molecule has 25 heavy (non-hydrogen) atoms. The number of nitrogens with one attached hydrogen (secondary N) is 1. The Morgan fingerprint density at radius 1 is 1.16 bits per heavy atom. The molecule has 2 rings (SSSR count). The van der Waals surface area contributed by atoms with Gasteiger partial charge in [-0.25, -0.2) is 4.79 Å². The predicted octanol–water partition coefficient (Wildman–Crippen LogP) is -1.11. The Morgan fingerprint density at radius 2 is 1.76 bits per heavy atom. The van der Waals surface area contributed by atoms with Gasteiger partial charge in [0.05, 0.1) is 13.0 Å². The zero-order valence-electron chi connectivity index (χ0n) is 12.2. The largest absolute Gasteiger partial charge is 0.453 e. The molecule has 0 aliphatic carbocycles. The maximum atomic E-state index is 13.1. The molecule has 1 aromatic rings. The number of halogens is 5. The summed E-state index contributed by atoms with van der Waals surface area (Å²) in [6.07, 6.45) is -14.0. The highest BCUT2D eigenvalue weighted by Crippen LogP contribution is 2.37. The van der Waals surface area contributed by atoms with Crippen molar-refractivity contribution in [2.24, 2.45) is 0 Å². The number of aromatic nitrogens is 2. The quantitative estimate of drug-likeness (QED) is 0.494. The fraction of sp³-hybridized carbons (Fsp3) is 0.667. The molecule has 0 aromatic carbocycles. The molecule has 1 aromatic heterocycles. The Labute approximate surface area is 135 Å². The maximum Gasteiger partial charge on any atom is 0.453 e. The molecule has 4 atom stereocenters. The molecule has 0 spiro atoms. The second-order valence-electron chi connectivity index (χ2n) is 5.43. The number of ether oxygens (including phenoxy) is 1. The third-order valence-electron chi connectivity index (χ3n) is 3.66. The molecular formula is C12H13F5N2O6. The minimum Gasteiger partial charge on any atom is -0.394 e. The molecule has 0 radical (unpaired) electrons. The van der Waals surface area contributed by atoms with Gasteiger partial charge in [0.15, 0.2) is 6.23 Å². The fourth-order valence-electron chi connectivity index (χ4n) is 2.29. The van der Waals surface area contributed by atoms with Crippen molar-refractivity contribution in [3.8, 4) is 0 Å². The number of H-pyrrole nitrogens is 1. The van der Waals surface area contributed by atoms with Crippen LogP contribution in [-0.2, 0) is 11.2 Å².